The second-order valence-electron chi connectivity index (χ2n) is 12.0. The number of ether oxygens (including phenoxy) is 1. The molecule has 0 aliphatic carbocycles. The number of amides is 4. The molecule has 0 radical (unpaired) electrons. The molecule has 1 heterocycles. The van der Waals surface area contributed by atoms with Crippen molar-refractivity contribution in [3.05, 3.63) is 72.3 Å². The lowest BCUT2D eigenvalue weighted by molar-refractivity contribution is -0.129. The van der Waals surface area contributed by atoms with E-state index < -0.39 is 29.7 Å². The summed E-state index contributed by atoms with van der Waals surface area (Å²) in [7, 11) is 0. The van der Waals surface area contributed by atoms with Crippen molar-refractivity contribution in [2.45, 2.75) is 69.1 Å². The summed E-state index contributed by atoms with van der Waals surface area (Å²) >= 11 is 1.65. The number of hydrogen-bond acceptors (Lipinski definition) is 7. The molecule has 240 valence electrons. The lowest BCUT2D eigenvalue weighted by Gasteiger charge is -2.23. The van der Waals surface area contributed by atoms with Crippen LogP contribution < -0.4 is 20.9 Å². The van der Waals surface area contributed by atoms with Crippen LogP contribution in [0.4, 0.5) is 10.5 Å². The number of aliphatic hydroxyl groups excluding tert-OH is 1. The van der Waals surface area contributed by atoms with Crippen LogP contribution in [-0.2, 0) is 25.5 Å². The Morgan fingerprint density at radius 1 is 0.978 bits per heavy atom. The third-order valence-electron chi connectivity index (χ3n) is 7.11. The van der Waals surface area contributed by atoms with Gasteiger partial charge in [-0.05, 0) is 55.7 Å². The van der Waals surface area contributed by atoms with E-state index in [0.29, 0.717) is 25.1 Å². The van der Waals surface area contributed by atoms with Gasteiger partial charge in [-0.25, -0.2) is 4.79 Å². The van der Waals surface area contributed by atoms with Crippen molar-refractivity contribution >= 4 is 52.0 Å². The number of nitrogens with one attached hydrogen (secondary N) is 3. The number of nitrogens with zero attached hydrogens (tertiary/aromatic N) is 1. The number of fused-ring (bicyclic) bond motifs is 2. The SMILES string of the molecule is CC(C)(C)OC(=O)NCC(O)CNC(=O)[C@@H](Cc1ccc2ccccc2c1)NC(=O)CCCN1C(=O)CCSc2ccccc21. The standard InChI is InChI=1S/C34H42N4O6S/c1-34(2,3)44-33(43)36-22-26(39)21-35-32(42)27(20-23-14-15-24-9-4-5-10-25(24)19-23)37-30(40)13-8-17-38-28-11-6-7-12-29(28)45-18-16-31(38)41/h4-7,9-12,14-15,19,26-27,39H,8,13,16-18,20-22H2,1-3H3,(H,35,42)(H,36,43)(H,37,40)/t26?,27-/m1/s1. The Bertz CT molecular complexity index is 1510. The maximum atomic E-state index is 13.3. The van der Waals surface area contributed by atoms with Crippen LogP contribution in [0.3, 0.4) is 0 Å². The van der Waals surface area contributed by atoms with Gasteiger partial charge in [0.15, 0.2) is 0 Å². The van der Waals surface area contributed by atoms with E-state index in [1.54, 1.807) is 37.4 Å². The van der Waals surface area contributed by atoms with Crippen molar-refractivity contribution < 1.29 is 29.0 Å². The average Bonchev–Trinajstić information content (AvgIpc) is 3.15. The van der Waals surface area contributed by atoms with Gasteiger partial charge in [-0.3, -0.25) is 14.4 Å². The highest BCUT2D eigenvalue weighted by atomic mass is 32.2. The fourth-order valence-electron chi connectivity index (χ4n) is 4.97. The Labute approximate surface area is 268 Å². The van der Waals surface area contributed by atoms with Gasteiger partial charge in [0.2, 0.25) is 17.7 Å². The summed E-state index contributed by atoms with van der Waals surface area (Å²) in [6.45, 7) is 5.35. The quantitative estimate of drug-likeness (QED) is 0.235. The van der Waals surface area contributed by atoms with Crippen molar-refractivity contribution in [3.8, 4) is 0 Å². The highest BCUT2D eigenvalue weighted by Crippen LogP contribution is 2.34. The number of aliphatic hydroxyl groups is 1. The third kappa shape index (κ3) is 10.5. The van der Waals surface area contributed by atoms with E-state index in [4.69, 9.17) is 4.74 Å². The molecule has 0 bridgehead atoms. The van der Waals surface area contributed by atoms with Crippen molar-refractivity contribution in [2.24, 2.45) is 0 Å². The average molecular weight is 635 g/mol. The van der Waals surface area contributed by atoms with Crippen LogP contribution >= 0.6 is 11.8 Å². The van der Waals surface area contributed by atoms with Gasteiger partial charge in [-0.2, -0.15) is 0 Å². The number of thioether (sulfide) groups is 1. The summed E-state index contributed by atoms with van der Waals surface area (Å²) in [6.07, 6.45) is -0.509. The molecule has 0 saturated heterocycles. The van der Waals surface area contributed by atoms with E-state index in [2.05, 4.69) is 16.0 Å². The number of carbonyl (C=O) groups is 4. The molecule has 3 aromatic rings. The normalized spacial score (nSPS) is 14.6. The molecule has 4 amide bonds. The maximum Gasteiger partial charge on any atom is 0.407 e. The zero-order valence-electron chi connectivity index (χ0n) is 26.0. The number of hydrogen-bond donors (Lipinski definition) is 4. The second kappa shape index (κ2) is 15.8. The molecule has 4 N–H and O–H groups in total. The zero-order chi connectivity index (χ0) is 32.4. The molecule has 45 heavy (non-hydrogen) atoms. The first-order valence-corrected chi connectivity index (χ1v) is 16.2. The third-order valence-corrected chi connectivity index (χ3v) is 8.18. The number of benzene rings is 3. The first-order chi connectivity index (χ1) is 21.5. The van der Waals surface area contributed by atoms with Crippen LogP contribution in [0.15, 0.2) is 71.6 Å². The van der Waals surface area contributed by atoms with E-state index >= 15 is 0 Å². The molecule has 1 unspecified atom stereocenters. The summed E-state index contributed by atoms with van der Waals surface area (Å²) in [4.78, 5) is 53.9. The largest absolute Gasteiger partial charge is 0.444 e. The molecule has 1 aliphatic rings. The fraction of sp³-hybridized carbons (Fsp3) is 0.412. The molecule has 3 aromatic carbocycles. The van der Waals surface area contributed by atoms with E-state index in [-0.39, 0.29) is 37.7 Å². The predicted octanol–water partition coefficient (Wildman–Crippen LogP) is 4.18. The fourth-order valence-corrected chi connectivity index (χ4v) is 5.97. The van der Waals surface area contributed by atoms with Crippen LogP contribution in [-0.4, -0.2) is 72.1 Å². The minimum atomic E-state index is -1.06. The Morgan fingerprint density at radius 2 is 1.69 bits per heavy atom. The summed E-state index contributed by atoms with van der Waals surface area (Å²) < 4.78 is 5.17. The second-order valence-corrected chi connectivity index (χ2v) is 13.1. The van der Waals surface area contributed by atoms with Gasteiger partial charge in [0, 0.05) is 49.5 Å². The highest BCUT2D eigenvalue weighted by molar-refractivity contribution is 7.99. The molecule has 4 rings (SSSR count). The summed E-state index contributed by atoms with van der Waals surface area (Å²) in [5.41, 5.74) is 1.05. The number of para-hydroxylation sites is 1. The molecule has 11 heteroatoms. The smallest absolute Gasteiger partial charge is 0.407 e. The van der Waals surface area contributed by atoms with Crippen LogP contribution in [0.1, 0.15) is 45.6 Å². The molecule has 0 spiro atoms. The van der Waals surface area contributed by atoms with Gasteiger partial charge in [0.1, 0.15) is 11.6 Å². The van der Waals surface area contributed by atoms with Gasteiger partial charge in [-0.1, -0.05) is 54.6 Å². The molecule has 0 fully saturated rings. The molecular weight excluding hydrogens is 592 g/mol. The van der Waals surface area contributed by atoms with Gasteiger partial charge < -0.3 is 30.7 Å². The minimum Gasteiger partial charge on any atom is -0.444 e. The van der Waals surface area contributed by atoms with E-state index in [9.17, 15) is 24.3 Å². The first kappa shape index (κ1) is 33.8. The number of rotatable bonds is 12. The van der Waals surface area contributed by atoms with E-state index in [1.165, 1.54) is 0 Å². The Kier molecular flexibility index (Phi) is 11.8. The van der Waals surface area contributed by atoms with Gasteiger partial charge in [0.05, 0.1) is 11.8 Å². The van der Waals surface area contributed by atoms with Crippen molar-refractivity contribution in [1.29, 1.82) is 0 Å². The van der Waals surface area contributed by atoms with Crippen LogP contribution in [0.5, 0.6) is 0 Å². The Hall–Kier alpha value is -4.09. The van der Waals surface area contributed by atoms with Gasteiger partial charge >= 0.3 is 6.09 Å². The zero-order valence-corrected chi connectivity index (χ0v) is 26.8. The Balaban J connectivity index is 1.36. The van der Waals surface area contributed by atoms with Crippen LogP contribution in [0.25, 0.3) is 10.8 Å². The van der Waals surface area contributed by atoms with E-state index in [0.717, 1.165) is 26.9 Å². The molecule has 0 aromatic heterocycles. The van der Waals surface area contributed by atoms with Gasteiger partial charge in [0.25, 0.3) is 0 Å². The van der Waals surface area contributed by atoms with E-state index in [1.807, 2.05) is 66.7 Å². The summed E-state index contributed by atoms with van der Waals surface area (Å²) in [5.74, 6) is -0.0277. The molecular formula is C34H42N4O6S. The monoisotopic (exact) mass is 634 g/mol. The molecule has 10 nitrogen and oxygen atoms in total. The Morgan fingerprint density at radius 3 is 2.47 bits per heavy atom. The number of carbonyl (C=O) groups excluding carboxylic acids is 4. The lowest BCUT2D eigenvalue weighted by atomic mass is 10.0. The minimum absolute atomic E-state index is 0.0288. The van der Waals surface area contributed by atoms with Gasteiger partial charge in [-0.15, -0.1) is 11.8 Å². The predicted molar refractivity (Wildman–Crippen MR) is 176 cm³/mol. The summed E-state index contributed by atoms with van der Waals surface area (Å²) in [5, 5.41) is 20.5. The molecule has 2 atom stereocenters. The van der Waals surface area contributed by atoms with Crippen LogP contribution in [0, 0.1) is 0 Å². The summed E-state index contributed by atoms with van der Waals surface area (Å²) in [6, 6.07) is 20.6. The van der Waals surface area contributed by atoms with Crippen molar-refractivity contribution in [3.63, 3.8) is 0 Å². The maximum absolute atomic E-state index is 13.3. The molecule has 1 aliphatic heterocycles. The van der Waals surface area contributed by atoms with Crippen molar-refractivity contribution in [2.75, 3.05) is 30.3 Å². The highest BCUT2D eigenvalue weighted by Gasteiger charge is 2.25. The van der Waals surface area contributed by atoms with Crippen LogP contribution in [0.2, 0.25) is 0 Å². The topological polar surface area (TPSA) is 137 Å². The lowest BCUT2D eigenvalue weighted by Crippen LogP contribution is -2.50. The molecule has 0 saturated carbocycles. The first-order valence-electron chi connectivity index (χ1n) is 15.2. The number of alkyl carbamates (subject to hydrolysis) is 1. The van der Waals surface area contributed by atoms with Crippen molar-refractivity contribution in [1.82, 2.24) is 16.0 Å². The number of anilines is 1.